The third-order valence-electron chi connectivity index (χ3n) is 5.80. The van der Waals surface area contributed by atoms with Crippen LogP contribution in [0.1, 0.15) is 43.4 Å². The van der Waals surface area contributed by atoms with Crippen LogP contribution in [0.15, 0.2) is 35.2 Å². The number of halogens is 3. The quantitative estimate of drug-likeness (QED) is 0.404. The molecule has 3 heterocycles. The Hall–Kier alpha value is -1.18. The van der Waals surface area contributed by atoms with Crippen LogP contribution in [0, 0.1) is 6.92 Å². The molecule has 0 spiro atoms. The first-order valence-corrected chi connectivity index (χ1v) is 11.1. The van der Waals surface area contributed by atoms with Crippen molar-refractivity contribution in [1.29, 1.82) is 0 Å². The Labute approximate surface area is 187 Å². The lowest BCUT2D eigenvalue weighted by molar-refractivity contribution is -0.157. The normalized spacial score (nSPS) is 28.2. The van der Waals surface area contributed by atoms with Gasteiger partial charge in [-0.3, -0.25) is 0 Å². The monoisotopic (exact) mass is 495 g/mol. The van der Waals surface area contributed by atoms with E-state index in [1.807, 2.05) is 32.2 Å². The van der Waals surface area contributed by atoms with Gasteiger partial charge >= 0.3 is 0 Å². The number of ether oxygens (including phenoxy) is 2. The maximum absolute atomic E-state index is 6.37. The minimum Gasteiger partial charge on any atom is -0.344 e. The first-order chi connectivity index (χ1) is 13.7. The first kappa shape index (κ1) is 19.8. The molecule has 1 aliphatic carbocycles. The predicted molar refractivity (Wildman–Crippen MR) is 117 cm³/mol. The van der Waals surface area contributed by atoms with Crippen LogP contribution < -0.4 is 0 Å². The second-order valence-corrected chi connectivity index (χ2v) is 9.93. The minimum atomic E-state index is -0.646. The number of aryl methyl sites for hydroxylation is 1. The van der Waals surface area contributed by atoms with E-state index in [0.29, 0.717) is 5.15 Å². The van der Waals surface area contributed by atoms with Gasteiger partial charge in [-0.2, -0.15) is 0 Å². The Balaban J connectivity index is 1.62. The zero-order valence-electron chi connectivity index (χ0n) is 16.2. The highest BCUT2D eigenvalue weighted by atomic mass is 79.9. The van der Waals surface area contributed by atoms with Crippen molar-refractivity contribution in [3.05, 3.63) is 56.5 Å². The van der Waals surface area contributed by atoms with Gasteiger partial charge in [0.05, 0.1) is 17.5 Å². The lowest BCUT2D eigenvalue weighted by Gasteiger charge is -2.25. The molecular weight excluding hydrogens is 477 g/mol. The fraction of sp³-hybridized carbons (Fsp3) is 0.429. The number of aromatic nitrogens is 3. The van der Waals surface area contributed by atoms with Gasteiger partial charge in [0.2, 0.25) is 0 Å². The van der Waals surface area contributed by atoms with Gasteiger partial charge < -0.3 is 14.0 Å². The van der Waals surface area contributed by atoms with E-state index in [4.69, 9.17) is 32.7 Å². The van der Waals surface area contributed by atoms with Gasteiger partial charge in [0.25, 0.3) is 0 Å². The fourth-order valence-electron chi connectivity index (χ4n) is 4.79. The smallest absolute Gasteiger partial charge is 0.163 e. The Morgan fingerprint density at radius 2 is 1.90 bits per heavy atom. The summed E-state index contributed by atoms with van der Waals surface area (Å²) in [6.45, 7) is 5.99. The molecule has 0 bridgehead atoms. The topological polar surface area (TPSA) is 49.2 Å². The highest BCUT2D eigenvalue weighted by Gasteiger charge is 2.55. The summed E-state index contributed by atoms with van der Waals surface area (Å²) in [5.41, 5.74) is 3.10. The van der Waals surface area contributed by atoms with Crippen LogP contribution in [-0.4, -0.2) is 32.5 Å². The molecule has 0 radical (unpaired) electrons. The molecule has 0 unspecified atom stereocenters. The zero-order valence-corrected chi connectivity index (χ0v) is 19.3. The molecule has 0 N–H and O–H groups in total. The van der Waals surface area contributed by atoms with Crippen LogP contribution in [-0.2, 0) is 9.47 Å². The molecule has 2 fully saturated rings. The van der Waals surface area contributed by atoms with Crippen molar-refractivity contribution in [2.24, 2.45) is 0 Å². The molecule has 5 nitrogen and oxygen atoms in total. The Morgan fingerprint density at radius 3 is 2.66 bits per heavy atom. The number of hydrogen-bond donors (Lipinski definition) is 0. The van der Waals surface area contributed by atoms with Crippen molar-refractivity contribution in [2.45, 2.75) is 57.1 Å². The van der Waals surface area contributed by atoms with Crippen molar-refractivity contribution in [1.82, 2.24) is 14.5 Å². The molecule has 2 aromatic heterocycles. The van der Waals surface area contributed by atoms with E-state index >= 15 is 0 Å². The van der Waals surface area contributed by atoms with E-state index in [1.54, 1.807) is 0 Å². The maximum atomic E-state index is 6.37. The summed E-state index contributed by atoms with van der Waals surface area (Å²) in [4.78, 5) is 8.62. The molecule has 2 aliphatic rings. The molecule has 8 heteroatoms. The number of hydrogen-bond acceptors (Lipinski definition) is 4. The van der Waals surface area contributed by atoms with Gasteiger partial charge in [0, 0.05) is 21.6 Å². The zero-order chi connectivity index (χ0) is 20.5. The standard InChI is InChI=1S/C21H20BrCl2N3O2/c1-10-4-11(6-12(23)5-10)13-7-15(18-17(13)28-21(2,3)29-18)27-8-14(22)16-19(24)25-9-26-20(16)27/h4-6,8-9,13,15,17-18H,7H2,1-3H3/t13-,15-,17-,18+/m1/s1. The third kappa shape index (κ3) is 3.29. The molecule has 3 aromatic rings. The van der Waals surface area contributed by atoms with Crippen LogP contribution in [0.4, 0.5) is 0 Å². The molecule has 1 aliphatic heterocycles. The molecule has 1 saturated heterocycles. The number of nitrogens with zero attached hydrogens (tertiary/aromatic N) is 3. The van der Waals surface area contributed by atoms with E-state index in [1.165, 1.54) is 11.9 Å². The second kappa shape index (κ2) is 6.92. The molecule has 152 valence electrons. The molecule has 29 heavy (non-hydrogen) atoms. The molecule has 1 aromatic carbocycles. The van der Waals surface area contributed by atoms with Crippen molar-refractivity contribution < 1.29 is 9.47 Å². The Bertz CT molecular complexity index is 1100. The lowest BCUT2D eigenvalue weighted by Crippen LogP contribution is -2.27. The summed E-state index contributed by atoms with van der Waals surface area (Å²) in [6.07, 6.45) is 4.19. The second-order valence-electron chi connectivity index (χ2n) is 8.28. The lowest BCUT2D eigenvalue weighted by atomic mass is 9.94. The van der Waals surface area contributed by atoms with E-state index in [0.717, 1.165) is 32.5 Å². The van der Waals surface area contributed by atoms with Gasteiger partial charge in [-0.05, 0) is 66.4 Å². The van der Waals surface area contributed by atoms with Crippen LogP contribution in [0.3, 0.4) is 0 Å². The van der Waals surface area contributed by atoms with Gasteiger partial charge in [-0.15, -0.1) is 0 Å². The summed E-state index contributed by atoms with van der Waals surface area (Å²) in [7, 11) is 0. The molecule has 1 saturated carbocycles. The molecule has 4 atom stereocenters. The predicted octanol–water partition coefficient (Wildman–Crippen LogP) is 6.06. The van der Waals surface area contributed by atoms with E-state index in [2.05, 4.69) is 43.5 Å². The first-order valence-electron chi connectivity index (χ1n) is 9.53. The Kier molecular flexibility index (Phi) is 4.72. The maximum Gasteiger partial charge on any atom is 0.163 e. The van der Waals surface area contributed by atoms with Crippen LogP contribution in [0.2, 0.25) is 10.2 Å². The average Bonchev–Trinajstić information content (AvgIpc) is 3.23. The van der Waals surface area contributed by atoms with Crippen molar-refractivity contribution in [2.75, 3.05) is 0 Å². The molecular formula is C21H20BrCl2N3O2. The van der Waals surface area contributed by atoms with Crippen LogP contribution in [0.25, 0.3) is 11.0 Å². The van der Waals surface area contributed by atoms with E-state index in [-0.39, 0.29) is 24.2 Å². The highest BCUT2D eigenvalue weighted by molar-refractivity contribution is 9.10. The van der Waals surface area contributed by atoms with Crippen molar-refractivity contribution >= 4 is 50.2 Å². The fourth-order valence-corrected chi connectivity index (χ4v) is 6.02. The summed E-state index contributed by atoms with van der Waals surface area (Å²) >= 11 is 16.3. The summed E-state index contributed by atoms with van der Waals surface area (Å²) in [5, 5.41) is 1.99. The Morgan fingerprint density at radius 1 is 1.14 bits per heavy atom. The van der Waals surface area contributed by atoms with Crippen molar-refractivity contribution in [3.63, 3.8) is 0 Å². The number of fused-ring (bicyclic) bond motifs is 2. The molecule has 5 rings (SSSR count). The SMILES string of the molecule is Cc1cc(Cl)cc([C@H]2C[C@@H](n3cc(Br)c4c(Cl)ncnc43)[C@@H]3OC(C)(C)O[C@@H]32)c1. The summed E-state index contributed by atoms with van der Waals surface area (Å²) in [6, 6.07) is 6.25. The summed E-state index contributed by atoms with van der Waals surface area (Å²) in [5.74, 6) is -0.482. The van der Waals surface area contributed by atoms with Crippen LogP contribution in [0.5, 0.6) is 0 Å². The van der Waals surface area contributed by atoms with Crippen LogP contribution >= 0.6 is 39.1 Å². The van der Waals surface area contributed by atoms with Gasteiger partial charge in [-0.25, -0.2) is 9.97 Å². The van der Waals surface area contributed by atoms with Gasteiger partial charge in [0.1, 0.15) is 23.2 Å². The summed E-state index contributed by atoms with van der Waals surface area (Å²) < 4.78 is 15.8. The minimum absolute atomic E-state index is 0.0471. The van der Waals surface area contributed by atoms with Gasteiger partial charge in [-0.1, -0.05) is 29.3 Å². The highest BCUT2D eigenvalue weighted by Crippen LogP contribution is 2.52. The van der Waals surface area contributed by atoms with E-state index < -0.39 is 5.79 Å². The number of benzene rings is 1. The number of rotatable bonds is 2. The average molecular weight is 497 g/mol. The third-order valence-corrected chi connectivity index (χ3v) is 6.91. The largest absolute Gasteiger partial charge is 0.344 e. The van der Waals surface area contributed by atoms with Gasteiger partial charge in [0.15, 0.2) is 5.79 Å². The molecule has 0 amide bonds. The van der Waals surface area contributed by atoms with Crippen molar-refractivity contribution in [3.8, 4) is 0 Å². The van der Waals surface area contributed by atoms with E-state index in [9.17, 15) is 0 Å².